The van der Waals surface area contributed by atoms with Crippen LogP contribution in [0.25, 0.3) is 0 Å². The van der Waals surface area contributed by atoms with Crippen molar-refractivity contribution in [3.05, 3.63) is 65.5 Å². The van der Waals surface area contributed by atoms with E-state index in [1.54, 1.807) is 31.4 Å². The number of nitrogens with zero attached hydrogens (tertiary/aromatic N) is 3. The van der Waals surface area contributed by atoms with E-state index < -0.39 is 5.91 Å². The minimum absolute atomic E-state index is 0.0293. The Kier molecular flexibility index (Phi) is 4.46. The fourth-order valence-corrected chi connectivity index (χ4v) is 3.64. The molecule has 1 amide bonds. The number of methoxy groups -OCH3 is 1. The third-order valence-corrected chi connectivity index (χ3v) is 5.14. The van der Waals surface area contributed by atoms with Crippen molar-refractivity contribution in [1.82, 2.24) is 10.4 Å². The lowest BCUT2D eigenvalue weighted by molar-refractivity contribution is -0.114. The maximum atomic E-state index is 12.8. The molecule has 4 rings (SSSR count). The summed E-state index contributed by atoms with van der Waals surface area (Å²) in [6.07, 6.45) is 0. The number of ether oxygens (including phenoxy) is 1. The Morgan fingerprint density at radius 2 is 1.62 bits per heavy atom. The van der Waals surface area contributed by atoms with E-state index in [4.69, 9.17) is 10.1 Å². The second-order valence-electron chi connectivity index (χ2n) is 6.83. The highest BCUT2D eigenvalue weighted by atomic mass is 16.5. The van der Waals surface area contributed by atoms with Crippen molar-refractivity contribution in [2.24, 2.45) is 0 Å². The number of Topliss-reactive ketones (excluding diaryl/α,β-unsaturated/α-hetero) is 1. The summed E-state index contributed by atoms with van der Waals surface area (Å²) in [4.78, 5) is 29.1. The number of benzene rings is 2. The summed E-state index contributed by atoms with van der Waals surface area (Å²) >= 11 is 0. The van der Waals surface area contributed by atoms with Gasteiger partial charge in [-0.25, -0.2) is 0 Å². The van der Waals surface area contributed by atoms with Crippen LogP contribution in [0.1, 0.15) is 10.4 Å². The second kappa shape index (κ2) is 6.97. The molecule has 2 N–H and O–H groups in total. The summed E-state index contributed by atoms with van der Waals surface area (Å²) in [5, 5.41) is 9.80. The van der Waals surface area contributed by atoms with Crippen LogP contribution in [-0.4, -0.2) is 50.3 Å². The van der Waals surface area contributed by atoms with E-state index in [1.807, 2.05) is 48.2 Å². The molecular formula is C21H21N5O3. The molecule has 0 spiro atoms. The van der Waals surface area contributed by atoms with Gasteiger partial charge in [-0.05, 0) is 36.4 Å². The number of anilines is 2. The number of para-hydroxylation sites is 2. The molecule has 2 heterocycles. The number of rotatable bonds is 3. The van der Waals surface area contributed by atoms with Gasteiger partial charge in [0.2, 0.25) is 0 Å². The normalized spacial score (nSPS) is 15.9. The minimum Gasteiger partial charge on any atom is -0.497 e. The van der Waals surface area contributed by atoms with Gasteiger partial charge < -0.3 is 14.5 Å². The molecule has 0 aliphatic carbocycles. The fraction of sp³-hybridized carbons (Fsp3) is 0.190. The first kappa shape index (κ1) is 18.5. The Morgan fingerprint density at radius 3 is 2.17 bits per heavy atom. The molecule has 148 valence electrons. The summed E-state index contributed by atoms with van der Waals surface area (Å²) in [7, 11) is 5.28. The number of hydrogen-bond donors (Lipinski definition) is 2. The summed E-state index contributed by atoms with van der Waals surface area (Å²) in [5.74, 6) is 0.629. The summed E-state index contributed by atoms with van der Waals surface area (Å²) in [6.45, 7) is -0.0857. The molecule has 2 aliphatic rings. The molecule has 2 aromatic carbocycles. The van der Waals surface area contributed by atoms with Gasteiger partial charge in [-0.15, -0.1) is 0 Å². The number of carbonyl (C=O) groups is 2. The van der Waals surface area contributed by atoms with E-state index in [2.05, 4.69) is 5.43 Å². The highest BCUT2D eigenvalue weighted by molar-refractivity contribution is 6.27. The van der Waals surface area contributed by atoms with Gasteiger partial charge in [-0.1, -0.05) is 12.1 Å². The van der Waals surface area contributed by atoms with Gasteiger partial charge in [0.15, 0.2) is 11.6 Å². The lowest BCUT2D eigenvalue weighted by Crippen LogP contribution is -2.43. The molecule has 29 heavy (non-hydrogen) atoms. The first-order valence-electron chi connectivity index (χ1n) is 9.08. The summed E-state index contributed by atoms with van der Waals surface area (Å²) < 4.78 is 5.09. The van der Waals surface area contributed by atoms with Crippen LogP contribution < -0.4 is 20.0 Å². The Labute approximate surface area is 168 Å². The van der Waals surface area contributed by atoms with Crippen LogP contribution >= 0.6 is 0 Å². The van der Waals surface area contributed by atoms with Crippen molar-refractivity contribution < 1.29 is 14.3 Å². The molecule has 0 radical (unpaired) electrons. The van der Waals surface area contributed by atoms with Crippen molar-refractivity contribution in [1.29, 1.82) is 5.41 Å². The number of amides is 1. The third-order valence-electron chi connectivity index (χ3n) is 5.14. The SMILES string of the molecule is COc1ccc(C(=O)NN2CC(=O)C(=C3N(C)c4ccccc4N3C)C2=N)cc1. The van der Waals surface area contributed by atoms with Gasteiger partial charge in [0, 0.05) is 19.7 Å². The van der Waals surface area contributed by atoms with Gasteiger partial charge in [0.1, 0.15) is 23.7 Å². The average Bonchev–Trinajstić information content (AvgIpc) is 3.14. The van der Waals surface area contributed by atoms with Crippen LogP contribution in [0.3, 0.4) is 0 Å². The highest BCUT2D eigenvalue weighted by Crippen LogP contribution is 2.41. The van der Waals surface area contributed by atoms with E-state index in [0.717, 1.165) is 11.4 Å². The first-order chi connectivity index (χ1) is 13.9. The van der Waals surface area contributed by atoms with Crippen LogP contribution in [-0.2, 0) is 4.79 Å². The number of fused-ring (bicyclic) bond motifs is 1. The van der Waals surface area contributed by atoms with Crippen LogP contribution in [0.15, 0.2) is 59.9 Å². The lowest BCUT2D eigenvalue weighted by Gasteiger charge is -2.22. The predicted molar refractivity (Wildman–Crippen MR) is 110 cm³/mol. The number of amidine groups is 1. The molecule has 8 heteroatoms. The van der Waals surface area contributed by atoms with E-state index in [1.165, 1.54) is 5.01 Å². The molecule has 0 saturated carbocycles. The van der Waals surface area contributed by atoms with E-state index in [9.17, 15) is 9.59 Å². The zero-order chi connectivity index (χ0) is 20.7. The number of hydrogen-bond acceptors (Lipinski definition) is 6. The Morgan fingerprint density at radius 1 is 1.03 bits per heavy atom. The summed E-state index contributed by atoms with van der Waals surface area (Å²) in [5.41, 5.74) is 5.26. The average molecular weight is 391 g/mol. The zero-order valence-electron chi connectivity index (χ0n) is 16.4. The smallest absolute Gasteiger partial charge is 0.269 e. The monoisotopic (exact) mass is 391 g/mol. The molecule has 1 fully saturated rings. The van der Waals surface area contributed by atoms with Crippen LogP contribution in [0.2, 0.25) is 0 Å². The molecule has 8 nitrogen and oxygen atoms in total. The Balaban J connectivity index is 1.59. The van der Waals surface area contributed by atoms with E-state index >= 15 is 0 Å². The van der Waals surface area contributed by atoms with E-state index in [0.29, 0.717) is 17.1 Å². The first-order valence-corrected chi connectivity index (χ1v) is 9.08. The number of nitrogens with one attached hydrogen (secondary N) is 2. The predicted octanol–water partition coefficient (Wildman–Crippen LogP) is 2.00. The minimum atomic E-state index is -0.395. The lowest BCUT2D eigenvalue weighted by atomic mass is 10.2. The van der Waals surface area contributed by atoms with Crippen LogP contribution in [0.4, 0.5) is 11.4 Å². The molecule has 2 aromatic rings. The molecule has 0 bridgehead atoms. The van der Waals surface area contributed by atoms with E-state index in [-0.39, 0.29) is 23.7 Å². The Hall–Kier alpha value is -3.81. The quantitative estimate of drug-likeness (QED) is 0.778. The molecule has 1 saturated heterocycles. The highest BCUT2D eigenvalue weighted by Gasteiger charge is 2.39. The topological polar surface area (TPSA) is 89.0 Å². The van der Waals surface area contributed by atoms with Gasteiger partial charge in [0.25, 0.3) is 5.91 Å². The van der Waals surface area contributed by atoms with Gasteiger partial charge in [0.05, 0.1) is 18.5 Å². The molecular weight excluding hydrogens is 370 g/mol. The van der Waals surface area contributed by atoms with Crippen molar-refractivity contribution >= 4 is 28.9 Å². The number of carbonyl (C=O) groups excluding carboxylic acids is 2. The molecule has 2 aliphatic heterocycles. The van der Waals surface area contributed by atoms with Gasteiger partial charge >= 0.3 is 0 Å². The molecule has 0 unspecified atom stereocenters. The van der Waals surface area contributed by atoms with Crippen molar-refractivity contribution in [3.8, 4) is 5.75 Å². The van der Waals surface area contributed by atoms with Crippen LogP contribution in [0, 0.1) is 5.41 Å². The summed E-state index contributed by atoms with van der Waals surface area (Å²) in [6, 6.07) is 14.4. The standard InChI is InChI=1S/C21H21N5O3/c1-24-15-6-4-5-7-16(15)25(2)21(24)18-17(27)12-26(19(18)22)23-20(28)13-8-10-14(29-3)11-9-13/h4-11,22H,12H2,1-3H3,(H,23,28). The van der Waals surface area contributed by atoms with Gasteiger partial charge in [-0.3, -0.25) is 25.4 Å². The fourth-order valence-electron chi connectivity index (χ4n) is 3.64. The molecule has 0 atom stereocenters. The Bertz CT molecular complexity index is 1010. The third kappa shape index (κ3) is 2.98. The largest absolute Gasteiger partial charge is 0.497 e. The maximum absolute atomic E-state index is 12.8. The second-order valence-corrected chi connectivity index (χ2v) is 6.83. The van der Waals surface area contributed by atoms with Crippen molar-refractivity contribution in [3.63, 3.8) is 0 Å². The maximum Gasteiger partial charge on any atom is 0.269 e. The zero-order valence-corrected chi connectivity index (χ0v) is 16.4. The van der Waals surface area contributed by atoms with Crippen LogP contribution in [0.5, 0.6) is 5.75 Å². The van der Waals surface area contributed by atoms with Crippen molar-refractivity contribution in [2.45, 2.75) is 0 Å². The molecule has 0 aromatic heterocycles. The number of ketones is 1. The van der Waals surface area contributed by atoms with Crippen molar-refractivity contribution in [2.75, 3.05) is 37.5 Å². The number of hydrazine groups is 1. The van der Waals surface area contributed by atoms with Gasteiger partial charge in [-0.2, -0.15) is 0 Å².